The highest BCUT2D eigenvalue weighted by Gasteiger charge is 2.31. The zero-order chi connectivity index (χ0) is 15.1. The molecule has 0 bridgehead atoms. The highest BCUT2D eigenvalue weighted by Crippen LogP contribution is 2.18. The van der Waals surface area contributed by atoms with Gasteiger partial charge in [0, 0.05) is 30.8 Å². The second-order valence-corrected chi connectivity index (χ2v) is 5.18. The zero-order valence-electron chi connectivity index (χ0n) is 11.8. The van der Waals surface area contributed by atoms with Gasteiger partial charge in [0.2, 0.25) is 5.91 Å². The van der Waals surface area contributed by atoms with Crippen molar-refractivity contribution in [3.63, 3.8) is 0 Å². The molecular weight excluding hydrogens is 272 g/mol. The summed E-state index contributed by atoms with van der Waals surface area (Å²) in [6, 6.07) is 4.64. The Morgan fingerprint density at radius 1 is 1.48 bits per heavy atom. The topological polar surface area (TPSA) is 88.5 Å². The van der Waals surface area contributed by atoms with E-state index < -0.39 is 12.0 Å². The number of carbonyl (C=O) groups excluding carboxylic acids is 1. The van der Waals surface area contributed by atoms with Gasteiger partial charge in [0.25, 0.3) is 0 Å². The highest BCUT2D eigenvalue weighted by atomic mass is 16.5. The van der Waals surface area contributed by atoms with Crippen molar-refractivity contribution in [1.29, 1.82) is 0 Å². The summed E-state index contributed by atoms with van der Waals surface area (Å²) in [4.78, 5) is 27.4. The first kappa shape index (κ1) is 15.4. The fourth-order valence-electron chi connectivity index (χ4n) is 2.44. The lowest BCUT2D eigenvalue weighted by atomic mass is 9.93. The number of nitrogens with zero attached hydrogens (tertiary/aromatic N) is 1. The van der Waals surface area contributed by atoms with E-state index in [0.29, 0.717) is 19.6 Å². The Morgan fingerprint density at radius 2 is 2.33 bits per heavy atom. The summed E-state index contributed by atoms with van der Waals surface area (Å²) in [6.07, 6.45) is 4.00. The van der Waals surface area contributed by atoms with Gasteiger partial charge < -0.3 is 15.2 Å². The summed E-state index contributed by atoms with van der Waals surface area (Å²) < 4.78 is 5.30. The third kappa shape index (κ3) is 4.82. The summed E-state index contributed by atoms with van der Waals surface area (Å²) in [5, 5.41) is 11.9. The molecule has 2 atom stereocenters. The highest BCUT2D eigenvalue weighted by molar-refractivity contribution is 5.83. The Labute approximate surface area is 123 Å². The van der Waals surface area contributed by atoms with Crippen LogP contribution in [0.15, 0.2) is 24.4 Å². The van der Waals surface area contributed by atoms with Crippen molar-refractivity contribution in [3.05, 3.63) is 30.1 Å². The SMILES string of the molecule is O=C(CCc1ccccn1)NC(C(=O)O)C1CCCOC1. The lowest BCUT2D eigenvalue weighted by molar-refractivity contribution is -0.145. The number of hydrogen-bond donors (Lipinski definition) is 2. The first-order valence-corrected chi connectivity index (χ1v) is 7.16. The van der Waals surface area contributed by atoms with Crippen LogP contribution in [0.2, 0.25) is 0 Å². The zero-order valence-corrected chi connectivity index (χ0v) is 11.8. The number of aryl methyl sites for hydroxylation is 1. The molecule has 114 valence electrons. The van der Waals surface area contributed by atoms with Gasteiger partial charge in [-0.05, 0) is 31.4 Å². The number of aromatic nitrogens is 1. The average molecular weight is 292 g/mol. The molecule has 2 N–H and O–H groups in total. The second kappa shape index (κ2) is 7.73. The molecule has 2 rings (SSSR count). The van der Waals surface area contributed by atoms with Crippen LogP contribution in [0, 0.1) is 5.92 Å². The van der Waals surface area contributed by atoms with Gasteiger partial charge in [-0.25, -0.2) is 4.79 Å². The van der Waals surface area contributed by atoms with Crippen LogP contribution in [-0.2, 0) is 20.7 Å². The van der Waals surface area contributed by atoms with Gasteiger partial charge >= 0.3 is 5.97 Å². The molecule has 0 saturated carbocycles. The molecule has 0 aliphatic carbocycles. The lowest BCUT2D eigenvalue weighted by Crippen LogP contribution is -2.48. The number of hydrogen-bond acceptors (Lipinski definition) is 4. The van der Waals surface area contributed by atoms with Crippen LogP contribution in [0.4, 0.5) is 0 Å². The van der Waals surface area contributed by atoms with Crippen molar-refractivity contribution in [2.24, 2.45) is 5.92 Å². The number of ether oxygens (including phenoxy) is 1. The maximum Gasteiger partial charge on any atom is 0.326 e. The van der Waals surface area contributed by atoms with E-state index in [1.54, 1.807) is 6.20 Å². The van der Waals surface area contributed by atoms with Gasteiger partial charge in [0.05, 0.1) is 6.61 Å². The van der Waals surface area contributed by atoms with Crippen molar-refractivity contribution in [3.8, 4) is 0 Å². The standard InChI is InChI=1S/C15H20N2O4/c18-13(7-6-12-5-1-2-8-16-12)17-14(15(19)20)11-4-3-9-21-10-11/h1-2,5,8,11,14H,3-4,6-7,9-10H2,(H,17,18)(H,19,20). The van der Waals surface area contributed by atoms with Gasteiger partial charge in [-0.3, -0.25) is 9.78 Å². The van der Waals surface area contributed by atoms with Crippen molar-refractivity contribution in [1.82, 2.24) is 10.3 Å². The van der Waals surface area contributed by atoms with E-state index in [9.17, 15) is 14.7 Å². The number of nitrogens with one attached hydrogen (secondary N) is 1. The van der Waals surface area contributed by atoms with Gasteiger partial charge in [-0.1, -0.05) is 6.07 Å². The van der Waals surface area contributed by atoms with Gasteiger partial charge in [-0.2, -0.15) is 0 Å². The second-order valence-electron chi connectivity index (χ2n) is 5.18. The smallest absolute Gasteiger partial charge is 0.326 e. The van der Waals surface area contributed by atoms with Gasteiger partial charge in [0.15, 0.2) is 0 Å². The molecular formula is C15H20N2O4. The Kier molecular flexibility index (Phi) is 5.68. The Morgan fingerprint density at radius 3 is 2.95 bits per heavy atom. The third-order valence-corrected chi connectivity index (χ3v) is 3.58. The number of carboxylic acid groups (broad SMARTS) is 1. The van der Waals surface area contributed by atoms with Crippen molar-refractivity contribution < 1.29 is 19.4 Å². The minimum atomic E-state index is -1.00. The number of carbonyl (C=O) groups is 2. The van der Waals surface area contributed by atoms with E-state index in [0.717, 1.165) is 18.5 Å². The average Bonchev–Trinajstić information content (AvgIpc) is 2.52. The van der Waals surface area contributed by atoms with Crippen molar-refractivity contribution in [2.75, 3.05) is 13.2 Å². The summed E-state index contributed by atoms with van der Waals surface area (Å²) in [6.45, 7) is 1.05. The van der Waals surface area contributed by atoms with Crippen LogP contribution in [-0.4, -0.2) is 41.2 Å². The minimum absolute atomic E-state index is 0.157. The summed E-state index contributed by atoms with van der Waals surface area (Å²) in [5.41, 5.74) is 0.820. The van der Waals surface area contributed by atoms with Crippen LogP contribution in [0.3, 0.4) is 0 Å². The van der Waals surface area contributed by atoms with E-state index >= 15 is 0 Å². The molecule has 1 fully saturated rings. The maximum absolute atomic E-state index is 11.9. The quantitative estimate of drug-likeness (QED) is 0.817. The molecule has 1 aromatic rings. The molecule has 6 nitrogen and oxygen atoms in total. The van der Waals surface area contributed by atoms with E-state index in [1.165, 1.54) is 0 Å². The molecule has 21 heavy (non-hydrogen) atoms. The third-order valence-electron chi connectivity index (χ3n) is 3.58. The molecule has 1 aliphatic heterocycles. The summed E-state index contributed by atoms with van der Waals surface area (Å²) in [7, 11) is 0. The predicted octanol–water partition coefficient (Wildman–Crippen LogP) is 1.01. The van der Waals surface area contributed by atoms with Crippen LogP contribution in [0.25, 0.3) is 0 Å². The van der Waals surface area contributed by atoms with E-state index in [1.807, 2.05) is 18.2 Å². The summed E-state index contributed by atoms with van der Waals surface area (Å²) >= 11 is 0. The van der Waals surface area contributed by atoms with E-state index in [2.05, 4.69) is 10.3 Å². The van der Waals surface area contributed by atoms with Crippen molar-refractivity contribution in [2.45, 2.75) is 31.7 Å². The molecule has 2 heterocycles. The predicted molar refractivity (Wildman–Crippen MR) is 75.7 cm³/mol. The van der Waals surface area contributed by atoms with Crippen molar-refractivity contribution >= 4 is 11.9 Å². The number of carboxylic acids is 1. The molecule has 0 radical (unpaired) electrons. The van der Waals surface area contributed by atoms with E-state index in [4.69, 9.17) is 4.74 Å². The van der Waals surface area contributed by atoms with Gasteiger partial charge in [-0.15, -0.1) is 0 Å². The minimum Gasteiger partial charge on any atom is -0.480 e. The first-order valence-electron chi connectivity index (χ1n) is 7.16. The molecule has 6 heteroatoms. The maximum atomic E-state index is 11.9. The van der Waals surface area contributed by atoms with Crippen LogP contribution >= 0.6 is 0 Å². The monoisotopic (exact) mass is 292 g/mol. The molecule has 0 spiro atoms. The number of amides is 1. The van der Waals surface area contributed by atoms with Crippen LogP contribution < -0.4 is 5.32 Å². The molecule has 1 aliphatic rings. The fourth-order valence-corrected chi connectivity index (χ4v) is 2.44. The van der Waals surface area contributed by atoms with Crippen LogP contribution in [0.1, 0.15) is 25.0 Å². The summed E-state index contributed by atoms with van der Waals surface area (Å²) in [5.74, 6) is -1.43. The van der Waals surface area contributed by atoms with Gasteiger partial charge in [0.1, 0.15) is 6.04 Å². The molecule has 1 aromatic heterocycles. The largest absolute Gasteiger partial charge is 0.480 e. The number of pyridine rings is 1. The van der Waals surface area contributed by atoms with Crippen LogP contribution in [0.5, 0.6) is 0 Å². The number of rotatable bonds is 6. The lowest BCUT2D eigenvalue weighted by Gasteiger charge is -2.28. The molecule has 1 saturated heterocycles. The Bertz CT molecular complexity index is 472. The number of aliphatic carboxylic acids is 1. The van der Waals surface area contributed by atoms with E-state index in [-0.39, 0.29) is 18.2 Å². The Balaban J connectivity index is 1.84. The molecule has 0 aromatic carbocycles. The Hall–Kier alpha value is -1.95. The molecule has 2 unspecified atom stereocenters. The first-order chi connectivity index (χ1) is 10.2. The normalized spacial score (nSPS) is 19.7. The fraction of sp³-hybridized carbons (Fsp3) is 0.533. The molecule has 1 amide bonds.